The van der Waals surface area contributed by atoms with Crippen LogP contribution in [0.2, 0.25) is 0 Å². The summed E-state index contributed by atoms with van der Waals surface area (Å²) >= 11 is 0. The number of ether oxygens (including phenoxy) is 2. The SMILES string of the molecule is COc1ccc(CNC(=O)CC(CN)OC)cc1F.Cl. The van der Waals surface area contributed by atoms with Crippen LogP contribution in [0.1, 0.15) is 12.0 Å². The van der Waals surface area contributed by atoms with Crippen molar-refractivity contribution in [2.75, 3.05) is 20.8 Å². The average molecular weight is 307 g/mol. The molecule has 0 aliphatic heterocycles. The van der Waals surface area contributed by atoms with E-state index in [9.17, 15) is 9.18 Å². The first-order valence-electron chi connectivity index (χ1n) is 5.92. The average Bonchev–Trinajstić information content (AvgIpc) is 2.42. The van der Waals surface area contributed by atoms with Crippen molar-refractivity contribution < 1.29 is 18.7 Å². The Bertz CT molecular complexity index is 428. The summed E-state index contributed by atoms with van der Waals surface area (Å²) in [6, 6.07) is 4.55. The van der Waals surface area contributed by atoms with Gasteiger partial charge >= 0.3 is 0 Å². The van der Waals surface area contributed by atoms with Crippen LogP contribution < -0.4 is 15.8 Å². The Morgan fingerprint density at radius 2 is 2.15 bits per heavy atom. The van der Waals surface area contributed by atoms with Crippen molar-refractivity contribution >= 4 is 18.3 Å². The van der Waals surface area contributed by atoms with E-state index >= 15 is 0 Å². The maximum Gasteiger partial charge on any atom is 0.222 e. The number of benzene rings is 1. The van der Waals surface area contributed by atoms with Gasteiger partial charge in [0.15, 0.2) is 11.6 Å². The number of nitrogens with two attached hydrogens (primary N) is 1. The molecule has 114 valence electrons. The largest absolute Gasteiger partial charge is 0.494 e. The molecule has 0 spiro atoms. The summed E-state index contributed by atoms with van der Waals surface area (Å²) in [7, 11) is 2.90. The third-order valence-corrected chi connectivity index (χ3v) is 2.72. The molecule has 5 nitrogen and oxygen atoms in total. The van der Waals surface area contributed by atoms with E-state index in [0.717, 1.165) is 0 Å². The molecule has 1 unspecified atom stereocenters. The van der Waals surface area contributed by atoms with Crippen molar-refractivity contribution in [2.24, 2.45) is 5.73 Å². The zero-order valence-electron chi connectivity index (χ0n) is 11.5. The summed E-state index contributed by atoms with van der Waals surface area (Å²) in [4.78, 5) is 11.6. The number of methoxy groups -OCH3 is 2. The molecule has 0 aliphatic carbocycles. The highest BCUT2D eigenvalue weighted by atomic mass is 35.5. The van der Waals surface area contributed by atoms with E-state index in [1.807, 2.05) is 0 Å². The van der Waals surface area contributed by atoms with Crippen LogP contribution in [0.25, 0.3) is 0 Å². The summed E-state index contributed by atoms with van der Waals surface area (Å²) in [5.41, 5.74) is 6.08. The van der Waals surface area contributed by atoms with Crippen LogP contribution >= 0.6 is 12.4 Å². The number of rotatable bonds is 7. The summed E-state index contributed by atoms with van der Waals surface area (Å²) in [6.07, 6.45) is -0.112. The Morgan fingerprint density at radius 3 is 2.65 bits per heavy atom. The van der Waals surface area contributed by atoms with Crippen LogP contribution in [-0.4, -0.2) is 32.8 Å². The molecule has 0 fully saturated rings. The summed E-state index contributed by atoms with van der Waals surface area (Å²) in [5, 5.41) is 2.68. The molecule has 1 amide bonds. The van der Waals surface area contributed by atoms with Crippen LogP contribution in [0.3, 0.4) is 0 Å². The molecule has 20 heavy (non-hydrogen) atoms. The highest BCUT2D eigenvalue weighted by Crippen LogP contribution is 2.17. The van der Waals surface area contributed by atoms with Gasteiger partial charge < -0.3 is 20.5 Å². The number of halogens is 2. The van der Waals surface area contributed by atoms with Gasteiger partial charge in [-0.2, -0.15) is 0 Å². The second kappa shape index (κ2) is 9.52. The molecule has 1 aromatic rings. The Kier molecular flexibility index (Phi) is 8.87. The van der Waals surface area contributed by atoms with Gasteiger partial charge in [0.05, 0.1) is 19.6 Å². The number of hydrogen-bond acceptors (Lipinski definition) is 4. The Balaban J connectivity index is 0.00000361. The van der Waals surface area contributed by atoms with Gasteiger partial charge in [-0.15, -0.1) is 12.4 Å². The van der Waals surface area contributed by atoms with Gasteiger partial charge in [0.2, 0.25) is 5.91 Å². The van der Waals surface area contributed by atoms with Crippen LogP contribution in [-0.2, 0) is 16.1 Å². The normalized spacial score (nSPS) is 11.4. The van der Waals surface area contributed by atoms with Crippen LogP contribution in [0.4, 0.5) is 4.39 Å². The number of carbonyl (C=O) groups is 1. The van der Waals surface area contributed by atoms with Crippen molar-refractivity contribution in [3.63, 3.8) is 0 Å². The maximum atomic E-state index is 13.4. The quantitative estimate of drug-likeness (QED) is 0.795. The summed E-state index contributed by atoms with van der Waals surface area (Å²) in [5.74, 6) is -0.461. The molecule has 1 aromatic carbocycles. The fraction of sp³-hybridized carbons (Fsp3) is 0.462. The molecule has 0 saturated heterocycles. The molecular weight excluding hydrogens is 287 g/mol. The molecule has 0 saturated carbocycles. The van der Waals surface area contributed by atoms with E-state index in [0.29, 0.717) is 5.56 Å². The topological polar surface area (TPSA) is 73.6 Å². The Morgan fingerprint density at radius 1 is 1.45 bits per heavy atom. The van der Waals surface area contributed by atoms with Crippen molar-refractivity contribution in [3.05, 3.63) is 29.6 Å². The van der Waals surface area contributed by atoms with E-state index in [4.69, 9.17) is 15.2 Å². The molecule has 0 heterocycles. The molecule has 0 aromatic heterocycles. The van der Waals surface area contributed by atoms with Gasteiger partial charge in [0, 0.05) is 20.2 Å². The van der Waals surface area contributed by atoms with Gasteiger partial charge in [0.25, 0.3) is 0 Å². The third-order valence-electron chi connectivity index (χ3n) is 2.72. The first kappa shape index (κ1) is 18.6. The molecule has 3 N–H and O–H groups in total. The van der Waals surface area contributed by atoms with E-state index in [-0.39, 0.29) is 49.7 Å². The highest BCUT2D eigenvalue weighted by Gasteiger charge is 2.11. The first-order valence-corrected chi connectivity index (χ1v) is 5.92. The standard InChI is InChI=1S/C13H19FN2O3.ClH/c1-18-10(7-15)6-13(17)16-8-9-3-4-12(19-2)11(14)5-9;/h3-5,10H,6-8,15H2,1-2H3,(H,16,17);1H. The van der Waals surface area contributed by atoms with Gasteiger partial charge in [0.1, 0.15) is 0 Å². The van der Waals surface area contributed by atoms with E-state index in [1.54, 1.807) is 6.07 Å². The molecule has 1 atom stereocenters. The second-order valence-electron chi connectivity index (χ2n) is 4.04. The Labute approximate surface area is 124 Å². The molecule has 1 rings (SSSR count). The Hall–Kier alpha value is -1.37. The lowest BCUT2D eigenvalue weighted by atomic mass is 10.2. The van der Waals surface area contributed by atoms with Crippen LogP contribution in [0.15, 0.2) is 18.2 Å². The predicted octanol–water partition coefficient (Wildman–Crippen LogP) is 1.24. The lowest BCUT2D eigenvalue weighted by Gasteiger charge is -2.12. The number of nitrogens with one attached hydrogen (secondary N) is 1. The van der Waals surface area contributed by atoms with Gasteiger partial charge in [-0.3, -0.25) is 4.79 Å². The predicted molar refractivity (Wildman–Crippen MR) is 76.5 cm³/mol. The fourth-order valence-corrected chi connectivity index (χ4v) is 1.56. The minimum Gasteiger partial charge on any atom is -0.494 e. The molecular formula is C13H20ClFN2O3. The first-order chi connectivity index (χ1) is 9.10. The number of hydrogen-bond donors (Lipinski definition) is 2. The molecule has 0 aliphatic rings. The van der Waals surface area contributed by atoms with Gasteiger partial charge in [-0.05, 0) is 17.7 Å². The fourth-order valence-electron chi connectivity index (χ4n) is 1.56. The summed E-state index contributed by atoms with van der Waals surface area (Å²) < 4.78 is 23.2. The lowest BCUT2D eigenvalue weighted by Crippen LogP contribution is -2.31. The van der Waals surface area contributed by atoms with Crippen LogP contribution in [0, 0.1) is 5.82 Å². The molecule has 0 radical (unpaired) electrons. The van der Waals surface area contributed by atoms with Crippen molar-refractivity contribution in [3.8, 4) is 5.75 Å². The van der Waals surface area contributed by atoms with E-state index in [2.05, 4.69) is 5.32 Å². The zero-order chi connectivity index (χ0) is 14.3. The van der Waals surface area contributed by atoms with Crippen molar-refractivity contribution in [2.45, 2.75) is 19.1 Å². The minimum atomic E-state index is -0.453. The van der Waals surface area contributed by atoms with Crippen molar-refractivity contribution in [1.29, 1.82) is 0 Å². The van der Waals surface area contributed by atoms with Crippen LogP contribution in [0.5, 0.6) is 5.75 Å². The van der Waals surface area contributed by atoms with E-state index < -0.39 is 5.82 Å². The second-order valence-corrected chi connectivity index (χ2v) is 4.04. The highest BCUT2D eigenvalue weighted by molar-refractivity contribution is 5.85. The molecule has 0 bridgehead atoms. The third kappa shape index (κ3) is 5.73. The minimum absolute atomic E-state index is 0. The van der Waals surface area contributed by atoms with E-state index in [1.165, 1.54) is 26.4 Å². The number of amides is 1. The van der Waals surface area contributed by atoms with Gasteiger partial charge in [-0.1, -0.05) is 6.07 Å². The van der Waals surface area contributed by atoms with Gasteiger partial charge in [-0.25, -0.2) is 4.39 Å². The van der Waals surface area contributed by atoms with Crippen molar-refractivity contribution in [1.82, 2.24) is 5.32 Å². The smallest absolute Gasteiger partial charge is 0.222 e. The molecule has 7 heteroatoms. The lowest BCUT2D eigenvalue weighted by molar-refractivity contribution is -0.123. The maximum absolute atomic E-state index is 13.4. The monoisotopic (exact) mass is 306 g/mol. The number of carbonyl (C=O) groups excluding carboxylic acids is 1. The summed E-state index contributed by atoms with van der Waals surface area (Å²) in [6.45, 7) is 0.530. The zero-order valence-corrected chi connectivity index (χ0v) is 12.3.